The van der Waals surface area contributed by atoms with E-state index >= 15 is 0 Å². The summed E-state index contributed by atoms with van der Waals surface area (Å²) in [6.07, 6.45) is -0.734. The van der Waals surface area contributed by atoms with Crippen LogP contribution < -0.4 is 0 Å². The zero-order chi connectivity index (χ0) is 13.9. The summed E-state index contributed by atoms with van der Waals surface area (Å²) in [6, 6.07) is 9.73. The molecular formula is C15H20O5. The second-order valence-corrected chi connectivity index (χ2v) is 5.16. The number of hydrogen-bond acceptors (Lipinski definition) is 5. The van der Waals surface area contributed by atoms with Gasteiger partial charge in [-0.25, -0.2) is 0 Å². The highest BCUT2D eigenvalue weighted by molar-refractivity contribution is 5.16. The molecule has 5 nitrogen and oxygen atoms in total. The minimum absolute atomic E-state index is 0.294. The summed E-state index contributed by atoms with van der Waals surface area (Å²) in [6.45, 7) is 0.390. The van der Waals surface area contributed by atoms with Gasteiger partial charge in [-0.3, -0.25) is 0 Å². The lowest BCUT2D eigenvalue weighted by Crippen LogP contribution is -2.48. The van der Waals surface area contributed by atoms with E-state index in [0.29, 0.717) is 19.4 Å². The van der Waals surface area contributed by atoms with Gasteiger partial charge < -0.3 is 24.1 Å². The van der Waals surface area contributed by atoms with Crippen LogP contribution in [0.2, 0.25) is 0 Å². The van der Waals surface area contributed by atoms with E-state index in [1.54, 1.807) is 7.11 Å². The van der Waals surface area contributed by atoms with Gasteiger partial charge in [-0.05, 0) is 6.42 Å². The van der Waals surface area contributed by atoms with Gasteiger partial charge in [0.1, 0.15) is 12.2 Å². The monoisotopic (exact) mass is 280 g/mol. The molecule has 2 aliphatic heterocycles. The molecule has 2 saturated heterocycles. The topological polar surface area (TPSA) is 57.2 Å². The number of aliphatic hydroxyl groups is 1. The van der Waals surface area contributed by atoms with E-state index in [4.69, 9.17) is 18.9 Å². The van der Waals surface area contributed by atoms with Gasteiger partial charge in [0.15, 0.2) is 12.6 Å². The largest absolute Gasteiger partial charge is 0.390 e. The van der Waals surface area contributed by atoms with E-state index < -0.39 is 12.4 Å². The molecule has 2 aliphatic rings. The molecule has 20 heavy (non-hydrogen) atoms. The average molecular weight is 280 g/mol. The van der Waals surface area contributed by atoms with E-state index in [0.717, 1.165) is 5.56 Å². The summed E-state index contributed by atoms with van der Waals surface area (Å²) < 4.78 is 22.6. The maximum atomic E-state index is 10.2. The second-order valence-electron chi connectivity index (χ2n) is 5.16. The van der Waals surface area contributed by atoms with Crippen LogP contribution in [0.25, 0.3) is 0 Å². The van der Waals surface area contributed by atoms with Crippen molar-refractivity contribution in [2.24, 2.45) is 0 Å². The van der Waals surface area contributed by atoms with Crippen molar-refractivity contribution in [2.45, 2.75) is 43.7 Å². The van der Waals surface area contributed by atoms with Crippen molar-refractivity contribution in [3.63, 3.8) is 0 Å². The summed E-state index contributed by atoms with van der Waals surface area (Å²) in [5.74, 6) is 0. The van der Waals surface area contributed by atoms with Gasteiger partial charge in [-0.15, -0.1) is 0 Å². The lowest BCUT2D eigenvalue weighted by molar-refractivity contribution is -0.297. The van der Waals surface area contributed by atoms with Crippen LogP contribution >= 0.6 is 0 Å². The molecule has 1 N–H and O–H groups in total. The first-order valence-corrected chi connectivity index (χ1v) is 6.96. The third-order valence-corrected chi connectivity index (χ3v) is 3.80. The predicted octanol–water partition coefficient (Wildman–Crippen LogP) is 1.61. The van der Waals surface area contributed by atoms with Crippen LogP contribution in [0, 0.1) is 0 Å². The number of methoxy groups -OCH3 is 1. The maximum absolute atomic E-state index is 10.2. The van der Waals surface area contributed by atoms with Crippen LogP contribution in [-0.4, -0.2) is 43.4 Å². The van der Waals surface area contributed by atoms with Gasteiger partial charge in [0, 0.05) is 19.1 Å². The Morgan fingerprint density at radius 1 is 1.15 bits per heavy atom. The van der Waals surface area contributed by atoms with Gasteiger partial charge in [0.2, 0.25) is 0 Å². The molecule has 110 valence electrons. The molecule has 0 radical (unpaired) electrons. The Kier molecular flexibility index (Phi) is 4.33. The Morgan fingerprint density at radius 3 is 2.70 bits per heavy atom. The van der Waals surface area contributed by atoms with Crippen LogP contribution in [0.15, 0.2) is 30.3 Å². The minimum Gasteiger partial charge on any atom is -0.390 e. The summed E-state index contributed by atoms with van der Waals surface area (Å²) >= 11 is 0. The highest BCUT2D eigenvalue weighted by Gasteiger charge is 2.41. The first-order valence-electron chi connectivity index (χ1n) is 6.96. The van der Waals surface area contributed by atoms with Gasteiger partial charge in [0.05, 0.1) is 12.7 Å². The van der Waals surface area contributed by atoms with Crippen LogP contribution in [-0.2, 0) is 18.9 Å². The van der Waals surface area contributed by atoms with E-state index in [1.807, 2.05) is 30.3 Å². The van der Waals surface area contributed by atoms with E-state index in [-0.39, 0.29) is 18.5 Å². The Bertz CT molecular complexity index is 424. The maximum Gasteiger partial charge on any atom is 0.184 e. The molecule has 1 unspecified atom stereocenters. The zero-order valence-corrected chi connectivity index (χ0v) is 11.5. The molecule has 3 rings (SSSR count). The molecule has 0 aliphatic carbocycles. The third-order valence-electron chi connectivity index (χ3n) is 3.80. The van der Waals surface area contributed by atoms with Crippen molar-refractivity contribution in [1.29, 1.82) is 0 Å². The molecule has 5 atom stereocenters. The van der Waals surface area contributed by atoms with Crippen molar-refractivity contribution in [2.75, 3.05) is 13.7 Å². The lowest BCUT2D eigenvalue weighted by atomic mass is 10.0. The highest BCUT2D eigenvalue weighted by Crippen LogP contribution is 2.33. The molecule has 1 aromatic carbocycles. The standard InChI is InChI=1S/C15H20O5/c1-17-13-8-7-11(16)14-12(19-13)9-18-15(20-14)10-5-3-2-4-6-10/h2-6,11-16H,7-9H2,1H3/t11-,12-,13-,14+,15?/m1/s1. The van der Waals surface area contributed by atoms with Gasteiger partial charge >= 0.3 is 0 Å². The summed E-state index contributed by atoms with van der Waals surface area (Å²) in [5, 5.41) is 10.2. The Morgan fingerprint density at radius 2 is 1.95 bits per heavy atom. The Balaban J connectivity index is 1.73. The number of ether oxygens (including phenoxy) is 4. The van der Waals surface area contributed by atoms with E-state index in [9.17, 15) is 5.11 Å². The molecule has 0 spiro atoms. The van der Waals surface area contributed by atoms with E-state index in [2.05, 4.69) is 0 Å². The quantitative estimate of drug-likeness (QED) is 0.892. The third kappa shape index (κ3) is 2.87. The molecule has 2 heterocycles. The second kappa shape index (κ2) is 6.20. The van der Waals surface area contributed by atoms with E-state index in [1.165, 1.54) is 0 Å². The SMILES string of the molecule is CO[C@H]1CC[C@@H](O)[C@@H]2OC(c3ccccc3)OC[C@H]2O1. The van der Waals surface area contributed by atoms with Crippen LogP contribution in [0.3, 0.4) is 0 Å². The summed E-state index contributed by atoms with van der Waals surface area (Å²) in [7, 11) is 1.61. The Labute approximate surface area is 118 Å². The van der Waals surface area contributed by atoms with Crippen molar-refractivity contribution in [3.05, 3.63) is 35.9 Å². The molecule has 0 bridgehead atoms. The highest BCUT2D eigenvalue weighted by atomic mass is 16.7. The van der Waals surface area contributed by atoms with Crippen LogP contribution in [0.5, 0.6) is 0 Å². The number of hydrogen-bond donors (Lipinski definition) is 1. The molecule has 2 fully saturated rings. The summed E-state index contributed by atoms with van der Waals surface area (Å²) in [4.78, 5) is 0. The van der Waals surface area contributed by atoms with Gasteiger partial charge in [-0.2, -0.15) is 0 Å². The minimum atomic E-state index is -0.560. The van der Waals surface area contributed by atoms with Crippen molar-refractivity contribution < 1.29 is 24.1 Å². The van der Waals surface area contributed by atoms with Crippen molar-refractivity contribution in [3.8, 4) is 0 Å². The predicted molar refractivity (Wildman–Crippen MR) is 70.9 cm³/mol. The molecular weight excluding hydrogens is 260 g/mol. The first-order chi connectivity index (χ1) is 9.78. The normalized spacial score (nSPS) is 38.0. The van der Waals surface area contributed by atoms with Crippen molar-refractivity contribution >= 4 is 0 Å². The Hall–Kier alpha value is -0.980. The molecule has 1 aromatic rings. The van der Waals surface area contributed by atoms with Crippen LogP contribution in [0.1, 0.15) is 24.7 Å². The average Bonchev–Trinajstić information content (AvgIpc) is 2.67. The molecule has 5 heteroatoms. The van der Waals surface area contributed by atoms with Gasteiger partial charge in [0.25, 0.3) is 0 Å². The van der Waals surface area contributed by atoms with Crippen LogP contribution in [0.4, 0.5) is 0 Å². The molecule has 0 saturated carbocycles. The molecule has 0 amide bonds. The number of fused-ring (bicyclic) bond motifs is 1. The fourth-order valence-electron chi connectivity index (χ4n) is 2.69. The smallest absolute Gasteiger partial charge is 0.184 e. The summed E-state index contributed by atoms with van der Waals surface area (Å²) in [5.41, 5.74) is 0.950. The lowest BCUT2D eigenvalue weighted by Gasteiger charge is -2.37. The van der Waals surface area contributed by atoms with Gasteiger partial charge in [-0.1, -0.05) is 30.3 Å². The fraction of sp³-hybridized carbons (Fsp3) is 0.600. The molecule has 0 aromatic heterocycles. The number of aliphatic hydroxyl groups excluding tert-OH is 1. The number of rotatable bonds is 2. The fourth-order valence-corrected chi connectivity index (χ4v) is 2.69. The van der Waals surface area contributed by atoms with Crippen molar-refractivity contribution in [1.82, 2.24) is 0 Å². The number of benzene rings is 1. The first kappa shape index (κ1) is 14.0. The zero-order valence-electron chi connectivity index (χ0n) is 11.5.